The number of nitrogens with one attached hydrogen (secondary N) is 1. The molecule has 7 nitrogen and oxygen atoms in total. The van der Waals surface area contributed by atoms with Crippen molar-refractivity contribution in [2.75, 3.05) is 6.54 Å². The second kappa shape index (κ2) is 7.92. The first-order valence-corrected chi connectivity index (χ1v) is 8.67. The zero-order valence-electron chi connectivity index (χ0n) is 14.7. The predicted molar refractivity (Wildman–Crippen MR) is 94.1 cm³/mol. The fraction of sp³-hybridized carbons (Fsp3) is 0.444. The van der Waals surface area contributed by atoms with Crippen LogP contribution in [0.4, 0.5) is 0 Å². The highest BCUT2D eigenvalue weighted by molar-refractivity contribution is 5.76. The van der Waals surface area contributed by atoms with E-state index >= 15 is 0 Å². The summed E-state index contributed by atoms with van der Waals surface area (Å²) in [4.78, 5) is 20.8. The first kappa shape index (κ1) is 17.1. The van der Waals surface area contributed by atoms with Crippen LogP contribution >= 0.6 is 0 Å². The minimum Gasteiger partial charge on any atom is -0.354 e. The lowest BCUT2D eigenvalue weighted by atomic mass is 10.3. The van der Waals surface area contributed by atoms with E-state index < -0.39 is 0 Å². The van der Waals surface area contributed by atoms with Gasteiger partial charge >= 0.3 is 0 Å². The van der Waals surface area contributed by atoms with Gasteiger partial charge in [0.05, 0.1) is 11.0 Å². The second-order valence-electron chi connectivity index (χ2n) is 6.00. The van der Waals surface area contributed by atoms with Gasteiger partial charge < -0.3 is 14.4 Å². The van der Waals surface area contributed by atoms with Gasteiger partial charge in [-0.3, -0.25) is 4.79 Å². The molecule has 2 aromatic heterocycles. The Morgan fingerprint density at radius 1 is 1.24 bits per heavy atom. The number of benzene rings is 1. The molecule has 1 N–H and O–H groups in total. The van der Waals surface area contributed by atoms with E-state index in [1.807, 2.05) is 31.2 Å². The Hall–Kier alpha value is -2.70. The van der Waals surface area contributed by atoms with Crippen LogP contribution in [-0.4, -0.2) is 32.1 Å². The summed E-state index contributed by atoms with van der Waals surface area (Å²) in [5.74, 6) is 2.16. The molecule has 1 amide bonds. The van der Waals surface area contributed by atoms with Gasteiger partial charge in [0, 0.05) is 32.4 Å². The maximum absolute atomic E-state index is 12.0. The van der Waals surface area contributed by atoms with Gasteiger partial charge in [0.25, 0.3) is 0 Å². The molecule has 3 rings (SSSR count). The number of amides is 1. The number of hydrogen-bond donors (Lipinski definition) is 1. The van der Waals surface area contributed by atoms with Crippen molar-refractivity contribution in [1.82, 2.24) is 25.0 Å². The van der Waals surface area contributed by atoms with E-state index in [-0.39, 0.29) is 5.91 Å². The zero-order valence-corrected chi connectivity index (χ0v) is 14.7. The Morgan fingerprint density at radius 3 is 2.92 bits per heavy atom. The van der Waals surface area contributed by atoms with Crippen molar-refractivity contribution in [3.05, 3.63) is 41.8 Å². The first-order chi connectivity index (χ1) is 12.2. The molecule has 0 bridgehead atoms. The Kier molecular flexibility index (Phi) is 5.42. The van der Waals surface area contributed by atoms with Gasteiger partial charge in [0.15, 0.2) is 5.82 Å². The quantitative estimate of drug-likeness (QED) is 0.680. The maximum atomic E-state index is 12.0. The fourth-order valence-corrected chi connectivity index (χ4v) is 2.81. The number of carbonyl (C=O) groups is 1. The van der Waals surface area contributed by atoms with Crippen LogP contribution in [-0.2, 0) is 24.2 Å². The molecular weight excluding hydrogens is 318 g/mol. The van der Waals surface area contributed by atoms with E-state index in [9.17, 15) is 4.79 Å². The summed E-state index contributed by atoms with van der Waals surface area (Å²) in [7, 11) is 0. The lowest BCUT2D eigenvalue weighted by Crippen LogP contribution is -2.27. The minimum absolute atomic E-state index is 0.0164. The highest BCUT2D eigenvalue weighted by Crippen LogP contribution is 2.14. The summed E-state index contributed by atoms with van der Waals surface area (Å²) >= 11 is 0. The minimum atomic E-state index is -0.0164. The van der Waals surface area contributed by atoms with Gasteiger partial charge in [-0.15, -0.1) is 0 Å². The van der Waals surface area contributed by atoms with E-state index in [4.69, 9.17) is 4.52 Å². The normalized spacial score (nSPS) is 11.1. The Balaban J connectivity index is 1.46. The number of hydrogen-bond acceptors (Lipinski definition) is 5. The van der Waals surface area contributed by atoms with Crippen molar-refractivity contribution in [3.8, 4) is 0 Å². The lowest BCUT2D eigenvalue weighted by Gasteiger charge is -2.08. The largest absolute Gasteiger partial charge is 0.354 e. The molecule has 0 spiro atoms. The first-order valence-electron chi connectivity index (χ1n) is 8.67. The summed E-state index contributed by atoms with van der Waals surface area (Å²) in [5, 5.41) is 6.83. The van der Waals surface area contributed by atoms with Crippen molar-refractivity contribution < 1.29 is 9.32 Å². The Bertz CT molecular complexity index is 852. The van der Waals surface area contributed by atoms with E-state index in [2.05, 4.69) is 31.9 Å². The average Bonchev–Trinajstić information content (AvgIpc) is 3.18. The molecule has 0 fully saturated rings. The molecule has 25 heavy (non-hydrogen) atoms. The van der Waals surface area contributed by atoms with Crippen LogP contribution in [0.1, 0.15) is 37.3 Å². The zero-order chi connectivity index (χ0) is 17.6. The van der Waals surface area contributed by atoms with Crippen molar-refractivity contribution in [1.29, 1.82) is 0 Å². The number of carbonyl (C=O) groups excluding carboxylic acids is 1. The number of rotatable bonds is 8. The molecule has 0 aliphatic heterocycles. The SMILES string of the molecule is CCCc1noc(CCC(=O)NCCn2c(C)nc3ccccc32)n1. The molecule has 0 aliphatic carbocycles. The molecule has 0 radical (unpaired) electrons. The second-order valence-corrected chi connectivity index (χ2v) is 6.00. The van der Waals surface area contributed by atoms with Crippen LogP contribution < -0.4 is 5.32 Å². The highest BCUT2D eigenvalue weighted by Gasteiger charge is 2.10. The molecule has 0 aliphatic rings. The van der Waals surface area contributed by atoms with Crippen LogP contribution in [0.15, 0.2) is 28.8 Å². The van der Waals surface area contributed by atoms with Crippen LogP contribution in [0, 0.1) is 6.92 Å². The van der Waals surface area contributed by atoms with E-state index in [1.54, 1.807) is 0 Å². The summed E-state index contributed by atoms with van der Waals surface area (Å²) in [5.41, 5.74) is 2.06. The molecular formula is C18H23N5O2. The van der Waals surface area contributed by atoms with Crippen molar-refractivity contribution in [3.63, 3.8) is 0 Å². The summed E-state index contributed by atoms with van der Waals surface area (Å²) in [6, 6.07) is 8.01. The fourth-order valence-electron chi connectivity index (χ4n) is 2.81. The predicted octanol–water partition coefficient (Wildman–Crippen LogP) is 2.43. The number of aryl methyl sites for hydroxylation is 3. The van der Waals surface area contributed by atoms with Crippen LogP contribution in [0.5, 0.6) is 0 Å². The van der Waals surface area contributed by atoms with Crippen LogP contribution in [0.2, 0.25) is 0 Å². The van der Waals surface area contributed by atoms with Gasteiger partial charge in [-0.25, -0.2) is 4.98 Å². The molecule has 132 valence electrons. The van der Waals surface area contributed by atoms with Crippen LogP contribution in [0.25, 0.3) is 11.0 Å². The van der Waals surface area contributed by atoms with Crippen LogP contribution in [0.3, 0.4) is 0 Å². The standard InChI is InChI=1S/C18H23N5O2/c1-3-6-16-21-18(25-22-16)10-9-17(24)19-11-12-23-13(2)20-14-7-4-5-8-15(14)23/h4-5,7-8H,3,6,9-12H2,1-2H3,(H,19,24). The third-order valence-electron chi connectivity index (χ3n) is 4.05. The van der Waals surface area contributed by atoms with E-state index in [0.717, 1.165) is 29.7 Å². The third kappa shape index (κ3) is 4.23. The van der Waals surface area contributed by atoms with Gasteiger partial charge in [-0.1, -0.05) is 24.2 Å². The maximum Gasteiger partial charge on any atom is 0.227 e. The number of fused-ring (bicyclic) bond motifs is 1. The molecule has 2 heterocycles. The number of para-hydroxylation sites is 2. The number of nitrogens with zero attached hydrogens (tertiary/aromatic N) is 4. The molecule has 0 unspecified atom stereocenters. The van der Waals surface area contributed by atoms with Gasteiger partial charge in [0.1, 0.15) is 5.82 Å². The summed E-state index contributed by atoms with van der Waals surface area (Å²) < 4.78 is 7.26. The van der Waals surface area contributed by atoms with Gasteiger partial charge in [-0.2, -0.15) is 4.98 Å². The highest BCUT2D eigenvalue weighted by atomic mass is 16.5. The summed E-state index contributed by atoms with van der Waals surface area (Å²) in [6.07, 6.45) is 2.59. The lowest BCUT2D eigenvalue weighted by molar-refractivity contribution is -0.121. The number of aromatic nitrogens is 4. The molecule has 0 saturated heterocycles. The molecule has 0 atom stereocenters. The topological polar surface area (TPSA) is 85.8 Å². The Morgan fingerprint density at radius 2 is 2.08 bits per heavy atom. The van der Waals surface area contributed by atoms with Crippen molar-refractivity contribution in [2.24, 2.45) is 0 Å². The van der Waals surface area contributed by atoms with Crippen molar-refractivity contribution in [2.45, 2.75) is 46.1 Å². The van der Waals surface area contributed by atoms with Gasteiger partial charge in [0.2, 0.25) is 11.8 Å². The van der Waals surface area contributed by atoms with Crippen molar-refractivity contribution >= 4 is 16.9 Å². The summed E-state index contributed by atoms with van der Waals surface area (Å²) in [6.45, 7) is 5.30. The molecule has 7 heteroatoms. The third-order valence-corrected chi connectivity index (χ3v) is 4.05. The molecule has 3 aromatic rings. The monoisotopic (exact) mass is 341 g/mol. The Labute approximate surface area is 146 Å². The van der Waals surface area contributed by atoms with E-state index in [0.29, 0.717) is 37.6 Å². The molecule has 1 aromatic carbocycles. The van der Waals surface area contributed by atoms with E-state index in [1.165, 1.54) is 0 Å². The smallest absolute Gasteiger partial charge is 0.227 e. The number of imidazole rings is 1. The van der Waals surface area contributed by atoms with Gasteiger partial charge in [-0.05, 0) is 25.5 Å². The average molecular weight is 341 g/mol. The molecule has 0 saturated carbocycles.